The van der Waals surface area contributed by atoms with E-state index >= 15 is 0 Å². The second kappa shape index (κ2) is 3.98. The van der Waals surface area contributed by atoms with E-state index in [-0.39, 0.29) is 0 Å². The molecule has 0 amide bonds. The smallest absolute Gasteiger partial charge is 0.00927 e. The van der Waals surface area contributed by atoms with Gasteiger partial charge in [-0.25, -0.2) is 0 Å². The first-order chi connectivity index (χ1) is 8.93. The number of benzene rings is 2. The van der Waals surface area contributed by atoms with Crippen molar-refractivity contribution in [3.8, 4) is 0 Å². The summed E-state index contributed by atoms with van der Waals surface area (Å²) in [5.74, 6) is 1.58. The van der Waals surface area contributed by atoms with Crippen molar-refractivity contribution in [1.82, 2.24) is 0 Å². The lowest BCUT2D eigenvalue weighted by Gasteiger charge is -2.34. The summed E-state index contributed by atoms with van der Waals surface area (Å²) >= 11 is 0. The Balaban J connectivity index is 1.95. The maximum Gasteiger partial charge on any atom is -0.00927 e. The Labute approximate surface area is 108 Å². The summed E-state index contributed by atoms with van der Waals surface area (Å²) in [5, 5.41) is 2.80. The van der Waals surface area contributed by atoms with Crippen molar-refractivity contribution >= 4 is 16.8 Å². The van der Waals surface area contributed by atoms with Crippen LogP contribution in [0.2, 0.25) is 0 Å². The molecule has 2 aromatic carbocycles. The molecule has 0 nitrogen and oxygen atoms in total. The van der Waals surface area contributed by atoms with Crippen LogP contribution in [0, 0.1) is 5.92 Å². The predicted octanol–water partition coefficient (Wildman–Crippen LogP) is 5.14. The van der Waals surface area contributed by atoms with Crippen LogP contribution >= 0.6 is 0 Å². The lowest BCUT2D eigenvalue weighted by molar-refractivity contribution is 0.360. The van der Waals surface area contributed by atoms with E-state index in [0.717, 1.165) is 11.8 Å². The van der Waals surface area contributed by atoms with Crippen molar-refractivity contribution in [2.45, 2.75) is 31.6 Å². The molecule has 0 saturated heterocycles. The SMILES string of the molecule is C1=CC2CCCCC2c2ccc3ccccc3c21. The van der Waals surface area contributed by atoms with E-state index in [1.54, 1.807) is 5.56 Å². The third-order valence-electron chi connectivity index (χ3n) is 4.73. The summed E-state index contributed by atoms with van der Waals surface area (Å²) in [7, 11) is 0. The van der Waals surface area contributed by atoms with Gasteiger partial charge in [0.2, 0.25) is 0 Å². The molecule has 18 heavy (non-hydrogen) atoms. The second-order valence-electron chi connectivity index (χ2n) is 5.70. The highest BCUT2D eigenvalue weighted by Crippen LogP contribution is 2.44. The van der Waals surface area contributed by atoms with Gasteiger partial charge in [0.15, 0.2) is 0 Å². The Hall–Kier alpha value is -1.56. The Morgan fingerprint density at radius 1 is 0.889 bits per heavy atom. The Morgan fingerprint density at radius 3 is 2.78 bits per heavy atom. The first kappa shape index (κ1) is 10.4. The van der Waals surface area contributed by atoms with Gasteiger partial charge in [-0.05, 0) is 46.6 Å². The number of allylic oxidation sites excluding steroid dienone is 1. The third-order valence-corrected chi connectivity index (χ3v) is 4.73. The molecule has 2 atom stereocenters. The quantitative estimate of drug-likeness (QED) is 0.592. The van der Waals surface area contributed by atoms with Crippen LogP contribution in [0.25, 0.3) is 16.8 Å². The van der Waals surface area contributed by atoms with E-state index in [4.69, 9.17) is 0 Å². The van der Waals surface area contributed by atoms with Crippen molar-refractivity contribution in [2.75, 3.05) is 0 Å². The summed E-state index contributed by atoms with van der Waals surface area (Å²) < 4.78 is 0. The van der Waals surface area contributed by atoms with Crippen LogP contribution in [0.3, 0.4) is 0 Å². The van der Waals surface area contributed by atoms with Gasteiger partial charge in [0.25, 0.3) is 0 Å². The fourth-order valence-electron chi connectivity index (χ4n) is 3.82. The van der Waals surface area contributed by atoms with Crippen LogP contribution in [-0.2, 0) is 0 Å². The van der Waals surface area contributed by atoms with E-state index in [1.807, 2.05) is 0 Å². The summed E-state index contributed by atoms with van der Waals surface area (Å²) in [5.41, 5.74) is 3.08. The molecule has 2 aromatic rings. The van der Waals surface area contributed by atoms with Crippen LogP contribution in [-0.4, -0.2) is 0 Å². The highest BCUT2D eigenvalue weighted by Gasteiger charge is 2.29. The number of hydrogen-bond donors (Lipinski definition) is 0. The highest BCUT2D eigenvalue weighted by molar-refractivity contribution is 5.92. The van der Waals surface area contributed by atoms with Crippen LogP contribution < -0.4 is 0 Å². The molecule has 90 valence electrons. The van der Waals surface area contributed by atoms with Crippen LogP contribution in [0.15, 0.2) is 42.5 Å². The molecule has 0 heteroatoms. The topological polar surface area (TPSA) is 0 Å². The van der Waals surface area contributed by atoms with Crippen molar-refractivity contribution in [1.29, 1.82) is 0 Å². The maximum absolute atomic E-state index is 2.47. The molecule has 0 N–H and O–H groups in total. The lowest BCUT2D eigenvalue weighted by atomic mass is 9.70. The van der Waals surface area contributed by atoms with Crippen molar-refractivity contribution in [2.24, 2.45) is 5.92 Å². The molecule has 0 heterocycles. The fourth-order valence-corrected chi connectivity index (χ4v) is 3.82. The Morgan fingerprint density at radius 2 is 1.78 bits per heavy atom. The normalized spacial score (nSPS) is 25.8. The summed E-state index contributed by atoms with van der Waals surface area (Å²) in [6, 6.07) is 13.5. The van der Waals surface area contributed by atoms with E-state index in [2.05, 4.69) is 48.6 Å². The van der Waals surface area contributed by atoms with E-state index in [9.17, 15) is 0 Å². The summed E-state index contributed by atoms with van der Waals surface area (Å²) in [4.78, 5) is 0. The van der Waals surface area contributed by atoms with Gasteiger partial charge < -0.3 is 0 Å². The zero-order valence-electron chi connectivity index (χ0n) is 10.6. The molecule has 1 saturated carbocycles. The molecule has 0 radical (unpaired) electrons. The molecule has 2 unspecified atom stereocenters. The molecule has 0 bridgehead atoms. The van der Waals surface area contributed by atoms with Gasteiger partial charge in [0.1, 0.15) is 0 Å². The first-order valence-corrected chi connectivity index (χ1v) is 7.13. The van der Waals surface area contributed by atoms with Gasteiger partial charge in [0, 0.05) is 0 Å². The van der Waals surface area contributed by atoms with Crippen LogP contribution in [0.5, 0.6) is 0 Å². The minimum Gasteiger partial charge on any atom is -0.0802 e. The largest absolute Gasteiger partial charge is 0.0802 e. The average molecular weight is 234 g/mol. The molecular formula is C18H18. The lowest BCUT2D eigenvalue weighted by Crippen LogP contribution is -2.19. The molecule has 0 aliphatic heterocycles. The fraction of sp³-hybridized carbons (Fsp3) is 0.333. The maximum atomic E-state index is 2.47. The van der Waals surface area contributed by atoms with Gasteiger partial charge in [-0.2, -0.15) is 0 Å². The van der Waals surface area contributed by atoms with E-state index in [0.29, 0.717) is 0 Å². The van der Waals surface area contributed by atoms with Gasteiger partial charge >= 0.3 is 0 Å². The number of fused-ring (bicyclic) bond motifs is 5. The molecule has 4 rings (SSSR count). The van der Waals surface area contributed by atoms with Crippen molar-refractivity contribution in [3.63, 3.8) is 0 Å². The zero-order valence-corrected chi connectivity index (χ0v) is 10.6. The van der Waals surface area contributed by atoms with Gasteiger partial charge in [-0.3, -0.25) is 0 Å². The van der Waals surface area contributed by atoms with Crippen molar-refractivity contribution < 1.29 is 0 Å². The third kappa shape index (κ3) is 1.45. The van der Waals surface area contributed by atoms with Crippen LogP contribution in [0.1, 0.15) is 42.7 Å². The summed E-state index contributed by atoms with van der Waals surface area (Å²) in [6.45, 7) is 0. The number of rotatable bonds is 0. The zero-order chi connectivity index (χ0) is 11.9. The average Bonchev–Trinajstić information content (AvgIpc) is 2.46. The minimum atomic E-state index is 0.781. The van der Waals surface area contributed by atoms with Gasteiger partial charge in [-0.1, -0.05) is 61.4 Å². The second-order valence-corrected chi connectivity index (χ2v) is 5.70. The number of hydrogen-bond acceptors (Lipinski definition) is 0. The highest BCUT2D eigenvalue weighted by atomic mass is 14.3. The minimum absolute atomic E-state index is 0.781. The molecule has 1 fully saturated rings. The Kier molecular flexibility index (Phi) is 2.29. The molecule has 0 aromatic heterocycles. The Bertz CT molecular complexity index is 621. The van der Waals surface area contributed by atoms with E-state index < -0.39 is 0 Å². The molecular weight excluding hydrogens is 216 g/mol. The predicted molar refractivity (Wildman–Crippen MR) is 77.7 cm³/mol. The first-order valence-electron chi connectivity index (χ1n) is 7.13. The van der Waals surface area contributed by atoms with Crippen LogP contribution in [0.4, 0.5) is 0 Å². The monoisotopic (exact) mass is 234 g/mol. The summed E-state index contributed by atoms with van der Waals surface area (Å²) in [6.07, 6.45) is 10.4. The van der Waals surface area contributed by atoms with Gasteiger partial charge in [0.05, 0.1) is 0 Å². The molecule has 0 spiro atoms. The molecule has 2 aliphatic carbocycles. The van der Waals surface area contributed by atoms with E-state index in [1.165, 1.54) is 42.0 Å². The molecule has 2 aliphatic rings. The van der Waals surface area contributed by atoms with Crippen molar-refractivity contribution in [3.05, 3.63) is 53.6 Å². The van der Waals surface area contributed by atoms with Gasteiger partial charge in [-0.15, -0.1) is 0 Å². The standard InChI is InChI=1S/C18H18/c1-3-7-15-13(5-1)9-11-18-16-8-4-2-6-14(16)10-12-17(15)18/h1,3,5,7,9-12,14,16H,2,4,6,8H2.